The van der Waals surface area contributed by atoms with Gasteiger partial charge in [0.25, 0.3) is 11.8 Å². The first kappa shape index (κ1) is 9.57. The summed E-state index contributed by atoms with van der Waals surface area (Å²) in [6.07, 6.45) is 0. The smallest absolute Gasteiger partial charge is 0.291 e. The molecule has 4 amide bonds. The lowest BCUT2D eigenvalue weighted by Gasteiger charge is -2.10. The lowest BCUT2D eigenvalue weighted by Crippen LogP contribution is -2.55. The number of hydrogen-bond acceptors (Lipinski definition) is 4. The van der Waals surface area contributed by atoms with Crippen molar-refractivity contribution in [3.8, 4) is 0 Å². The monoisotopic (exact) mass is 177 g/mol. The average molecular weight is 178 g/mol. The molecule has 6 nitrogen and oxygen atoms in total. The minimum atomic E-state index is -0.964. The molecule has 1 aliphatic rings. The van der Waals surface area contributed by atoms with E-state index >= 15 is 0 Å². The Balaban J connectivity index is 0.000001000. The van der Waals surface area contributed by atoms with Crippen LogP contribution >= 0.6 is 12.4 Å². The minimum Gasteiger partial charge on any atom is -0.291 e. The Morgan fingerprint density at radius 2 is 1.36 bits per heavy atom. The Bertz CT molecular complexity index is 227. The maximum Gasteiger partial charge on any atom is 0.328 e. The predicted octanol–water partition coefficient (Wildman–Crippen LogP) is -1.21. The summed E-state index contributed by atoms with van der Waals surface area (Å²) < 4.78 is 0. The third-order valence-corrected chi connectivity index (χ3v) is 0.908. The molecule has 7 heteroatoms. The molecule has 0 aromatic rings. The molecule has 0 saturated carbocycles. The van der Waals surface area contributed by atoms with E-state index in [1.165, 1.54) is 0 Å². The molecule has 1 rings (SSSR count). The van der Waals surface area contributed by atoms with Crippen LogP contribution in [0.4, 0.5) is 4.79 Å². The number of barbiturate groups is 1. The number of imide groups is 2. The highest BCUT2D eigenvalue weighted by Crippen LogP contribution is 1.82. The molecule has 0 bridgehead atoms. The summed E-state index contributed by atoms with van der Waals surface area (Å²) in [4.78, 5) is 31.1. The summed E-state index contributed by atoms with van der Waals surface area (Å²) in [6.45, 7) is 0. The van der Waals surface area contributed by atoms with Gasteiger partial charge in [-0.25, -0.2) is 4.79 Å². The molecule has 0 aromatic carbocycles. The number of carbonyl (C=O) groups is 3. The first-order chi connectivity index (χ1) is 4.61. The SMILES string of the molecule is Cl.N=C1C(=O)NC(=O)NC1=O. The molecule has 0 atom stereocenters. The molecule has 3 N–H and O–H groups in total. The zero-order chi connectivity index (χ0) is 7.72. The number of urea groups is 1. The number of nitrogens with one attached hydrogen (secondary N) is 3. The van der Waals surface area contributed by atoms with Gasteiger partial charge in [0.1, 0.15) is 0 Å². The summed E-state index contributed by atoms with van der Waals surface area (Å²) in [5.41, 5.74) is -0.750. The summed E-state index contributed by atoms with van der Waals surface area (Å²) in [6, 6.07) is -0.883. The van der Waals surface area contributed by atoms with E-state index in [-0.39, 0.29) is 12.4 Å². The van der Waals surface area contributed by atoms with Crippen molar-refractivity contribution in [2.24, 2.45) is 0 Å². The van der Waals surface area contributed by atoms with E-state index in [4.69, 9.17) is 5.41 Å². The van der Waals surface area contributed by atoms with E-state index in [2.05, 4.69) is 0 Å². The highest BCUT2D eigenvalue weighted by Gasteiger charge is 2.27. The molecular formula is C4H4ClN3O3. The molecule has 0 aliphatic carbocycles. The van der Waals surface area contributed by atoms with Crippen LogP contribution in [0, 0.1) is 5.41 Å². The molecule has 1 fully saturated rings. The summed E-state index contributed by atoms with van der Waals surface area (Å²) in [7, 11) is 0. The van der Waals surface area contributed by atoms with Gasteiger partial charge in [-0.3, -0.25) is 25.6 Å². The first-order valence-corrected chi connectivity index (χ1v) is 2.36. The zero-order valence-electron chi connectivity index (χ0n) is 5.13. The average Bonchev–Trinajstić information content (AvgIpc) is 1.82. The molecule has 1 heterocycles. The molecular weight excluding hydrogens is 174 g/mol. The van der Waals surface area contributed by atoms with Gasteiger partial charge in [0.2, 0.25) is 0 Å². The van der Waals surface area contributed by atoms with Gasteiger partial charge in [-0.2, -0.15) is 0 Å². The van der Waals surface area contributed by atoms with Crippen LogP contribution in [0.1, 0.15) is 0 Å². The Hall–Kier alpha value is -1.43. The van der Waals surface area contributed by atoms with E-state index in [1.54, 1.807) is 10.6 Å². The van der Waals surface area contributed by atoms with Gasteiger partial charge in [0.15, 0.2) is 5.71 Å². The Morgan fingerprint density at radius 1 is 1.00 bits per heavy atom. The van der Waals surface area contributed by atoms with Gasteiger partial charge in [-0.1, -0.05) is 0 Å². The Morgan fingerprint density at radius 3 is 1.73 bits per heavy atom. The number of amides is 4. The van der Waals surface area contributed by atoms with Crippen LogP contribution in [0.25, 0.3) is 0 Å². The molecule has 60 valence electrons. The topological polar surface area (TPSA) is 99.1 Å². The van der Waals surface area contributed by atoms with E-state index in [0.717, 1.165) is 0 Å². The van der Waals surface area contributed by atoms with Gasteiger partial charge in [-0.15, -0.1) is 12.4 Å². The van der Waals surface area contributed by atoms with Gasteiger partial charge in [0, 0.05) is 0 Å². The number of hydrogen-bond donors (Lipinski definition) is 3. The van der Waals surface area contributed by atoms with Crippen LogP contribution in [0.3, 0.4) is 0 Å². The van der Waals surface area contributed by atoms with E-state index in [0.29, 0.717) is 0 Å². The number of halogens is 1. The lowest BCUT2D eigenvalue weighted by molar-refractivity contribution is -0.119. The van der Waals surface area contributed by atoms with E-state index < -0.39 is 23.6 Å². The lowest BCUT2D eigenvalue weighted by atomic mass is 10.3. The van der Waals surface area contributed by atoms with Gasteiger partial charge in [-0.05, 0) is 0 Å². The van der Waals surface area contributed by atoms with Crippen LogP contribution < -0.4 is 10.6 Å². The number of rotatable bonds is 0. The predicted molar refractivity (Wildman–Crippen MR) is 36.7 cm³/mol. The van der Waals surface area contributed by atoms with Crippen LogP contribution in [0.2, 0.25) is 0 Å². The van der Waals surface area contributed by atoms with Crippen LogP contribution in [-0.4, -0.2) is 23.6 Å². The van der Waals surface area contributed by atoms with E-state index in [9.17, 15) is 14.4 Å². The van der Waals surface area contributed by atoms with Crippen molar-refractivity contribution in [2.75, 3.05) is 0 Å². The van der Waals surface area contributed by atoms with Crippen molar-refractivity contribution >= 4 is 36.0 Å². The largest absolute Gasteiger partial charge is 0.328 e. The van der Waals surface area contributed by atoms with Crippen molar-refractivity contribution in [3.63, 3.8) is 0 Å². The molecule has 0 radical (unpaired) electrons. The van der Waals surface area contributed by atoms with Crippen molar-refractivity contribution in [1.29, 1.82) is 5.41 Å². The van der Waals surface area contributed by atoms with Crippen molar-refractivity contribution in [3.05, 3.63) is 0 Å². The Kier molecular flexibility index (Phi) is 2.70. The normalized spacial score (nSPS) is 16.7. The third-order valence-electron chi connectivity index (χ3n) is 0.908. The fourth-order valence-corrected chi connectivity index (χ4v) is 0.466. The molecule has 0 aromatic heterocycles. The zero-order valence-corrected chi connectivity index (χ0v) is 5.95. The molecule has 1 saturated heterocycles. The summed E-state index contributed by atoms with van der Waals surface area (Å²) >= 11 is 0. The fourth-order valence-electron chi connectivity index (χ4n) is 0.466. The number of carbonyl (C=O) groups excluding carboxylic acids is 3. The highest BCUT2D eigenvalue weighted by atomic mass is 35.5. The Labute approximate surface area is 67.3 Å². The third kappa shape index (κ3) is 1.74. The molecule has 0 spiro atoms. The minimum absolute atomic E-state index is 0. The highest BCUT2D eigenvalue weighted by molar-refractivity contribution is 6.67. The fraction of sp³-hybridized carbons (Fsp3) is 0. The standard InChI is InChI=1S/C4H3N3O3.ClH/c5-1-2(8)6-4(10)7-3(1)9;/h5H,(H2,6,7,8,9,10);1H. The second-order valence-electron chi connectivity index (χ2n) is 1.61. The van der Waals surface area contributed by atoms with Crippen molar-refractivity contribution < 1.29 is 14.4 Å². The van der Waals surface area contributed by atoms with Gasteiger partial charge >= 0.3 is 6.03 Å². The second kappa shape index (κ2) is 3.11. The van der Waals surface area contributed by atoms with Gasteiger partial charge < -0.3 is 0 Å². The summed E-state index contributed by atoms with van der Waals surface area (Å²) in [5, 5.41) is 10.2. The van der Waals surface area contributed by atoms with Crippen molar-refractivity contribution in [1.82, 2.24) is 10.6 Å². The molecule has 1 aliphatic heterocycles. The maximum absolute atomic E-state index is 10.4. The quantitative estimate of drug-likeness (QED) is 0.433. The van der Waals surface area contributed by atoms with Crippen LogP contribution in [-0.2, 0) is 9.59 Å². The second-order valence-corrected chi connectivity index (χ2v) is 1.61. The van der Waals surface area contributed by atoms with Crippen molar-refractivity contribution in [2.45, 2.75) is 0 Å². The van der Waals surface area contributed by atoms with Crippen LogP contribution in [0.15, 0.2) is 0 Å². The summed E-state index contributed by atoms with van der Waals surface area (Å²) in [5.74, 6) is -1.93. The molecule has 11 heavy (non-hydrogen) atoms. The first-order valence-electron chi connectivity index (χ1n) is 2.36. The van der Waals surface area contributed by atoms with E-state index in [1.807, 2.05) is 0 Å². The molecule has 0 unspecified atom stereocenters. The van der Waals surface area contributed by atoms with Crippen LogP contribution in [0.5, 0.6) is 0 Å². The maximum atomic E-state index is 10.4. The van der Waals surface area contributed by atoms with Gasteiger partial charge in [0.05, 0.1) is 0 Å².